The van der Waals surface area contributed by atoms with Gasteiger partial charge in [0.05, 0.1) is 17.8 Å². The Hall–Kier alpha value is -2.32. The van der Waals surface area contributed by atoms with Gasteiger partial charge in [-0.3, -0.25) is 0 Å². The number of carbonyl (C=O) groups excluding carboxylic acids is 1. The Morgan fingerprint density at radius 1 is 1.28 bits per heavy atom. The van der Waals surface area contributed by atoms with Crippen LogP contribution in [0.3, 0.4) is 0 Å². The normalized spacial score (nSPS) is 28.7. The topological polar surface area (TPSA) is 62.4 Å². The molecular formula is C21H24F3N3O2. The van der Waals surface area contributed by atoms with Gasteiger partial charge in [-0.25, -0.2) is 4.79 Å². The summed E-state index contributed by atoms with van der Waals surface area (Å²) in [6.45, 7) is 3.37. The quantitative estimate of drug-likeness (QED) is 0.710. The summed E-state index contributed by atoms with van der Waals surface area (Å²) in [5.74, 6) is -0.191. The van der Waals surface area contributed by atoms with E-state index in [0.29, 0.717) is 11.7 Å². The van der Waals surface area contributed by atoms with E-state index in [1.54, 1.807) is 19.1 Å². The molecule has 2 amide bonds. The van der Waals surface area contributed by atoms with Gasteiger partial charge < -0.3 is 20.7 Å². The molecule has 0 spiro atoms. The van der Waals surface area contributed by atoms with Gasteiger partial charge in [-0.1, -0.05) is 25.1 Å². The number of amides is 2. The van der Waals surface area contributed by atoms with Crippen LogP contribution in [0.4, 0.5) is 23.7 Å². The molecule has 156 valence electrons. The molecule has 3 N–H and O–H groups in total. The fourth-order valence-corrected chi connectivity index (χ4v) is 4.14. The highest BCUT2D eigenvalue weighted by Crippen LogP contribution is 2.35. The summed E-state index contributed by atoms with van der Waals surface area (Å²) in [5, 5.41) is 8.68. The minimum Gasteiger partial charge on any atom is -0.372 e. The summed E-state index contributed by atoms with van der Waals surface area (Å²) >= 11 is 0. The number of ether oxygens (including phenoxy) is 1. The molecule has 1 aromatic carbocycles. The van der Waals surface area contributed by atoms with E-state index in [0.717, 1.165) is 43.7 Å². The number of urea groups is 1. The van der Waals surface area contributed by atoms with Gasteiger partial charge in [0.2, 0.25) is 0 Å². The third-order valence-electron chi connectivity index (χ3n) is 5.78. The molecule has 4 rings (SSSR count). The van der Waals surface area contributed by atoms with Crippen molar-refractivity contribution in [3.63, 3.8) is 0 Å². The number of nitrogens with one attached hydrogen (secondary N) is 3. The van der Waals surface area contributed by atoms with Crippen LogP contribution < -0.4 is 16.0 Å². The van der Waals surface area contributed by atoms with Crippen molar-refractivity contribution >= 4 is 11.7 Å². The molecule has 2 saturated heterocycles. The second kappa shape index (κ2) is 7.50. The summed E-state index contributed by atoms with van der Waals surface area (Å²) in [7, 11) is 0. The SMILES string of the molecule is CC1CC=C(C(F)(F)F)C=C1NC(=O)Nc1ccc(C[C@@]23CN[C@@H](CO2)C3)cc1. The molecule has 1 unspecified atom stereocenters. The molecule has 8 heteroatoms. The van der Waals surface area contributed by atoms with E-state index in [1.165, 1.54) is 0 Å². The van der Waals surface area contributed by atoms with E-state index >= 15 is 0 Å². The van der Waals surface area contributed by atoms with Crippen LogP contribution in [0.5, 0.6) is 0 Å². The van der Waals surface area contributed by atoms with Crippen molar-refractivity contribution in [1.82, 2.24) is 10.6 Å². The number of alkyl halides is 3. The highest BCUT2D eigenvalue weighted by molar-refractivity contribution is 5.90. The maximum atomic E-state index is 12.9. The van der Waals surface area contributed by atoms with Crippen LogP contribution in [0, 0.1) is 5.92 Å². The lowest BCUT2D eigenvalue weighted by molar-refractivity contribution is -0.0888. The third-order valence-corrected chi connectivity index (χ3v) is 5.78. The smallest absolute Gasteiger partial charge is 0.372 e. The number of allylic oxidation sites excluding steroid dienone is 4. The van der Waals surface area contributed by atoms with Gasteiger partial charge in [-0.05, 0) is 42.5 Å². The third kappa shape index (κ3) is 4.48. The van der Waals surface area contributed by atoms with Crippen molar-refractivity contribution in [2.24, 2.45) is 5.92 Å². The van der Waals surface area contributed by atoms with Crippen molar-refractivity contribution in [2.75, 3.05) is 18.5 Å². The molecule has 0 aromatic heterocycles. The first-order valence-electron chi connectivity index (χ1n) is 9.76. The van der Waals surface area contributed by atoms with Gasteiger partial charge in [0.1, 0.15) is 0 Å². The number of fused-ring (bicyclic) bond motifs is 2. The first-order chi connectivity index (χ1) is 13.7. The van der Waals surface area contributed by atoms with E-state index in [-0.39, 0.29) is 23.6 Å². The van der Waals surface area contributed by atoms with Crippen LogP contribution in [0.2, 0.25) is 0 Å². The van der Waals surface area contributed by atoms with Crippen LogP contribution in [0.1, 0.15) is 25.3 Å². The minimum atomic E-state index is -4.42. The molecule has 29 heavy (non-hydrogen) atoms. The number of hydrogen-bond acceptors (Lipinski definition) is 3. The molecule has 1 aromatic rings. The number of anilines is 1. The second-order valence-corrected chi connectivity index (χ2v) is 8.12. The molecule has 1 aliphatic carbocycles. The van der Waals surface area contributed by atoms with Gasteiger partial charge in [0.15, 0.2) is 0 Å². The molecule has 0 radical (unpaired) electrons. The number of rotatable bonds is 4. The van der Waals surface area contributed by atoms with Crippen LogP contribution in [0.15, 0.2) is 47.7 Å². The first kappa shape index (κ1) is 20.0. The number of benzene rings is 1. The molecule has 5 nitrogen and oxygen atoms in total. The van der Waals surface area contributed by atoms with E-state index < -0.39 is 17.8 Å². The van der Waals surface area contributed by atoms with Crippen molar-refractivity contribution in [3.8, 4) is 0 Å². The van der Waals surface area contributed by atoms with Gasteiger partial charge in [0, 0.05) is 30.4 Å². The first-order valence-corrected chi connectivity index (χ1v) is 9.76. The van der Waals surface area contributed by atoms with E-state index in [4.69, 9.17) is 4.74 Å². The summed E-state index contributed by atoms with van der Waals surface area (Å²) in [4.78, 5) is 12.3. The predicted molar refractivity (Wildman–Crippen MR) is 103 cm³/mol. The standard InChI is InChI=1S/C21H24F3N3O2/c1-13-2-5-15(21(22,23)24)8-18(13)27-19(28)26-16-6-3-14(4-7-16)9-20-10-17(11-29-20)25-12-20/h3-8,13,17,25H,2,9-12H2,1H3,(H2,26,27,28)/t13?,17-,20-/m1/s1. The van der Waals surface area contributed by atoms with Crippen molar-refractivity contribution in [2.45, 2.75) is 44.0 Å². The fourth-order valence-electron chi connectivity index (χ4n) is 4.14. The predicted octanol–water partition coefficient (Wildman–Crippen LogP) is 3.89. The molecular weight excluding hydrogens is 383 g/mol. The maximum absolute atomic E-state index is 12.9. The van der Waals surface area contributed by atoms with Gasteiger partial charge >= 0.3 is 12.2 Å². The Bertz CT molecular complexity index is 838. The summed E-state index contributed by atoms with van der Waals surface area (Å²) in [5.41, 5.74) is 1.09. The Balaban J connectivity index is 1.35. The Morgan fingerprint density at radius 3 is 2.62 bits per heavy atom. The Labute approximate surface area is 167 Å². The van der Waals surface area contributed by atoms with Crippen molar-refractivity contribution in [1.29, 1.82) is 0 Å². The van der Waals surface area contributed by atoms with Crippen LogP contribution in [-0.2, 0) is 11.2 Å². The largest absolute Gasteiger partial charge is 0.416 e. The summed E-state index contributed by atoms with van der Waals surface area (Å²) < 4.78 is 44.7. The molecule has 3 aliphatic rings. The molecule has 2 bridgehead atoms. The summed E-state index contributed by atoms with van der Waals surface area (Å²) in [6.07, 6.45) is -0.217. The maximum Gasteiger partial charge on any atom is 0.416 e. The highest BCUT2D eigenvalue weighted by atomic mass is 19.4. The van der Waals surface area contributed by atoms with Crippen molar-refractivity contribution in [3.05, 3.63) is 53.3 Å². The molecule has 3 atom stereocenters. The van der Waals surface area contributed by atoms with E-state index in [1.807, 2.05) is 12.1 Å². The molecule has 2 fully saturated rings. The average Bonchev–Trinajstić information content (AvgIpc) is 3.25. The number of halogens is 3. The zero-order valence-corrected chi connectivity index (χ0v) is 16.1. The van der Waals surface area contributed by atoms with Crippen molar-refractivity contribution < 1.29 is 22.7 Å². The lowest BCUT2D eigenvalue weighted by Crippen LogP contribution is -2.40. The zero-order chi connectivity index (χ0) is 20.6. The Kier molecular flexibility index (Phi) is 5.16. The van der Waals surface area contributed by atoms with Gasteiger partial charge in [-0.2, -0.15) is 13.2 Å². The van der Waals surface area contributed by atoms with E-state index in [9.17, 15) is 18.0 Å². The Morgan fingerprint density at radius 2 is 2.03 bits per heavy atom. The highest BCUT2D eigenvalue weighted by Gasteiger charge is 2.46. The number of morpholine rings is 1. The van der Waals surface area contributed by atoms with Gasteiger partial charge in [0.25, 0.3) is 0 Å². The average molecular weight is 407 g/mol. The summed E-state index contributed by atoms with van der Waals surface area (Å²) in [6, 6.07) is 7.35. The number of hydrogen-bond donors (Lipinski definition) is 3. The molecule has 2 aliphatic heterocycles. The van der Waals surface area contributed by atoms with Crippen LogP contribution in [0.25, 0.3) is 0 Å². The van der Waals surface area contributed by atoms with Gasteiger partial charge in [-0.15, -0.1) is 0 Å². The zero-order valence-electron chi connectivity index (χ0n) is 16.1. The van der Waals surface area contributed by atoms with Crippen LogP contribution >= 0.6 is 0 Å². The second-order valence-electron chi connectivity index (χ2n) is 8.12. The molecule has 0 saturated carbocycles. The fraction of sp³-hybridized carbons (Fsp3) is 0.476. The van der Waals surface area contributed by atoms with E-state index in [2.05, 4.69) is 16.0 Å². The van der Waals surface area contributed by atoms with Crippen LogP contribution in [-0.4, -0.2) is 37.0 Å². The lowest BCUT2D eigenvalue weighted by Gasteiger charge is -2.26. The monoisotopic (exact) mass is 407 g/mol. The number of carbonyl (C=O) groups is 1. The minimum absolute atomic E-state index is 0.135. The molecule has 2 heterocycles. The lowest BCUT2D eigenvalue weighted by atomic mass is 9.93.